The van der Waals surface area contributed by atoms with Gasteiger partial charge in [0, 0.05) is 12.1 Å². The molecule has 0 saturated heterocycles. The number of unbranched alkanes of at least 4 members (excludes halogenated alkanes) is 5. The zero-order chi connectivity index (χ0) is 16.4. The summed E-state index contributed by atoms with van der Waals surface area (Å²) in [6.45, 7) is 2.56. The van der Waals surface area contributed by atoms with E-state index in [4.69, 9.17) is 4.74 Å². The summed E-state index contributed by atoms with van der Waals surface area (Å²) in [6, 6.07) is 3.99. The number of benzene rings is 1. The summed E-state index contributed by atoms with van der Waals surface area (Å²) < 4.78 is 10.1. The van der Waals surface area contributed by atoms with Crippen molar-refractivity contribution in [1.29, 1.82) is 0 Å². The van der Waals surface area contributed by atoms with Gasteiger partial charge in [0.25, 0.3) is 0 Å². The lowest BCUT2D eigenvalue weighted by molar-refractivity contribution is -0.385. The molecule has 1 rings (SSSR count). The molecule has 0 N–H and O–H groups in total. The van der Waals surface area contributed by atoms with Gasteiger partial charge in [-0.25, -0.2) is 4.79 Å². The highest BCUT2D eigenvalue weighted by Gasteiger charge is 2.18. The third kappa shape index (κ3) is 5.71. The van der Waals surface area contributed by atoms with Crippen LogP contribution in [-0.4, -0.2) is 24.6 Å². The van der Waals surface area contributed by atoms with E-state index in [-0.39, 0.29) is 17.0 Å². The molecule has 0 atom stereocenters. The molecule has 0 unspecified atom stereocenters. The molecule has 0 radical (unpaired) electrons. The minimum atomic E-state index is -0.542. The van der Waals surface area contributed by atoms with Crippen molar-refractivity contribution < 1.29 is 19.2 Å². The fraction of sp³-hybridized carbons (Fsp3) is 0.562. The van der Waals surface area contributed by atoms with Crippen LogP contribution in [0.25, 0.3) is 0 Å². The fourth-order valence-corrected chi connectivity index (χ4v) is 2.09. The lowest BCUT2D eigenvalue weighted by Gasteiger charge is -2.08. The van der Waals surface area contributed by atoms with Crippen molar-refractivity contribution in [3.05, 3.63) is 33.9 Å². The predicted molar refractivity (Wildman–Crippen MR) is 83.3 cm³/mol. The van der Waals surface area contributed by atoms with Gasteiger partial charge in [0.15, 0.2) is 5.75 Å². The van der Waals surface area contributed by atoms with Gasteiger partial charge >= 0.3 is 11.7 Å². The van der Waals surface area contributed by atoms with Crippen molar-refractivity contribution in [2.45, 2.75) is 45.4 Å². The Morgan fingerprint density at radius 3 is 2.50 bits per heavy atom. The number of methoxy groups -OCH3 is 1. The third-order valence-corrected chi connectivity index (χ3v) is 3.33. The van der Waals surface area contributed by atoms with Gasteiger partial charge in [-0.15, -0.1) is 0 Å². The van der Waals surface area contributed by atoms with E-state index >= 15 is 0 Å². The number of esters is 1. The molecule has 0 saturated carbocycles. The largest absolute Gasteiger partial charge is 0.487 e. The number of carbonyl (C=O) groups is 1. The molecule has 1 aromatic rings. The number of hydrogen-bond donors (Lipinski definition) is 0. The second-order valence-corrected chi connectivity index (χ2v) is 5.05. The van der Waals surface area contributed by atoms with E-state index in [1.165, 1.54) is 44.6 Å². The molecule has 22 heavy (non-hydrogen) atoms. The van der Waals surface area contributed by atoms with Crippen LogP contribution >= 0.6 is 0 Å². The first-order valence-electron chi connectivity index (χ1n) is 7.59. The topological polar surface area (TPSA) is 78.7 Å². The Kier molecular flexibility index (Phi) is 7.96. The minimum absolute atomic E-state index is 0.112. The SMILES string of the molecule is CCCCCCCCOc1cc(C(=O)OC)ccc1[N+](=O)[O-]. The molecule has 0 aliphatic heterocycles. The van der Waals surface area contributed by atoms with Crippen LogP contribution in [0.4, 0.5) is 5.69 Å². The van der Waals surface area contributed by atoms with Crippen molar-refractivity contribution in [3.8, 4) is 5.75 Å². The van der Waals surface area contributed by atoms with E-state index in [1.54, 1.807) is 0 Å². The quantitative estimate of drug-likeness (QED) is 0.281. The first-order valence-corrected chi connectivity index (χ1v) is 7.59. The van der Waals surface area contributed by atoms with Crippen LogP contribution in [0.2, 0.25) is 0 Å². The lowest BCUT2D eigenvalue weighted by atomic mass is 10.1. The highest BCUT2D eigenvalue weighted by Crippen LogP contribution is 2.28. The van der Waals surface area contributed by atoms with E-state index in [2.05, 4.69) is 11.7 Å². The second-order valence-electron chi connectivity index (χ2n) is 5.05. The summed E-state index contributed by atoms with van der Waals surface area (Å²) in [6.07, 6.45) is 6.64. The Morgan fingerprint density at radius 1 is 1.18 bits per heavy atom. The Bertz CT molecular complexity index is 501. The normalized spacial score (nSPS) is 10.3. The van der Waals surface area contributed by atoms with E-state index in [0.29, 0.717) is 6.61 Å². The Morgan fingerprint density at radius 2 is 1.86 bits per heavy atom. The van der Waals surface area contributed by atoms with Gasteiger partial charge in [0.1, 0.15) is 0 Å². The van der Waals surface area contributed by atoms with Gasteiger partial charge < -0.3 is 9.47 Å². The molecule has 0 aromatic heterocycles. The molecular weight excluding hydrogens is 286 g/mol. The summed E-state index contributed by atoms with van der Waals surface area (Å²) in [5.74, 6) is -0.430. The monoisotopic (exact) mass is 309 g/mol. The van der Waals surface area contributed by atoms with Crippen molar-refractivity contribution in [1.82, 2.24) is 0 Å². The van der Waals surface area contributed by atoms with Crippen LogP contribution in [0.5, 0.6) is 5.75 Å². The van der Waals surface area contributed by atoms with Crippen molar-refractivity contribution in [2.75, 3.05) is 13.7 Å². The van der Waals surface area contributed by atoms with Crippen molar-refractivity contribution in [3.63, 3.8) is 0 Å². The van der Waals surface area contributed by atoms with E-state index in [9.17, 15) is 14.9 Å². The maximum Gasteiger partial charge on any atom is 0.337 e. The smallest absolute Gasteiger partial charge is 0.337 e. The first-order chi connectivity index (χ1) is 10.6. The molecule has 0 bridgehead atoms. The fourth-order valence-electron chi connectivity index (χ4n) is 2.09. The minimum Gasteiger partial charge on any atom is -0.487 e. The molecule has 0 fully saturated rings. The second kappa shape index (κ2) is 9.76. The zero-order valence-electron chi connectivity index (χ0n) is 13.2. The van der Waals surface area contributed by atoms with Crippen molar-refractivity contribution >= 4 is 11.7 Å². The first kappa shape index (κ1) is 17.9. The molecule has 6 heteroatoms. The Labute approximate surface area is 130 Å². The van der Waals surface area contributed by atoms with Crippen LogP contribution in [0.1, 0.15) is 55.8 Å². The van der Waals surface area contributed by atoms with Crippen LogP contribution in [0, 0.1) is 10.1 Å². The third-order valence-electron chi connectivity index (χ3n) is 3.33. The van der Waals surface area contributed by atoms with E-state index in [0.717, 1.165) is 19.3 Å². The molecule has 0 heterocycles. The maximum absolute atomic E-state index is 11.5. The maximum atomic E-state index is 11.5. The summed E-state index contributed by atoms with van der Waals surface area (Å²) in [5.41, 5.74) is 0.102. The number of hydrogen-bond acceptors (Lipinski definition) is 5. The number of nitro benzene ring substituents is 1. The van der Waals surface area contributed by atoms with Crippen LogP contribution in [0.15, 0.2) is 18.2 Å². The van der Waals surface area contributed by atoms with Gasteiger partial charge in [0.05, 0.1) is 24.2 Å². The lowest BCUT2D eigenvalue weighted by Crippen LogP contribution is -2.05. The zero-order valence-corrected chi connectivity index (χ0v) is 13.2. The summed E-state index contributed by atoms with van der Waals surface area (Å²) in [7, 11) is 1.26. The van der Waals surface area contributed by atoms with Gasteiger partial charge in [-0.3, -0.25) is 10.1 Å². The molecule has 122 valence electrons. The molecule has 0 spiro atoms. The van der Waals surface area contributed by atoms with Gasteiger partial charge in [-0.05, 0) is 12.5 Å². The number of rotatable bonds is 10. The van der Waals surface area contributed by atoms with Gasteiger partial charge in [-0.1, -0.05) is 39.0 Å². The average molecular weight is 309 g/mol. The van der Waals surface area contributed by atoms with Gasteiger partial charge in [0.2, 0.25) is 0 Å². The summed E-state index contributed by atoms with van der Waals surface area (Å²) in [4.78, 5) is 21.9. The predicted octanol–water partition coefficient (Wildman–Crippen LogP) is 4.12. The Hall–Kier alpha value is -2.11. The highest BCUT2D eigenvalue weighted by atomic mass is 16.6. The molecule has 0 aliphatic rings. The number of nitrogens with zero attached hydrogens (tertiary/aromatic N) is 1. The van der Waals surface area contributed by atoms with E-state index < -0.39 is 10.9 Å². The standard InChI is InChI=1S/C16H23NO5/c1-3-4-5-6-7-8-11-22-15-12-13(16(18)21-2)9-10-14(15)17(19)20/h9-10,12H,3-8,11H2,1-2H3. The number of nitro groups is 1. The number of ether oxygens (including phenoxy) is 2. The average Bonchev–Trinajstić information content (AvgIpc) is 2.52. The molecular formula is C16H23NO5. The van der Waals surface area contributed by atoms with Crippen LogP contribution in [-0.2, 0) is 4.74 Å². The Balaban J connectivity index is 2.59. The van der Waals surface area contributed by atoms with E-state index in [1.807, 2.05) is 0 Å². The molecule has 1 aromatic carbocycles. The summed E-state index contributed by atoms with van der Waals surface area (Å²) >= 11 is 0. The molecule has 6 nitrogen and oxygen atoms in total. The van der Waals surface area contributed by atoms with Crippen molar-refractivity contribution in [2.24, 2.45) is 0 Å². The molecule has 0 aliphatic carbocycles. The molecule has 0 amide bonds. The van der Waals surface area contributed by atoms with Gasteiger partial charge in [-0.2, -0.15) is 0 Å². The number of carbonyl (C=O) groups excluding carboxylic acids is 1. The summed E-state index contributed by atoms with van der Waals surface area (Å²) in [5, 5.41) is 11.0. The van der Waals surface area contributed by atoms with Crippen LogP contribution < -0.4 is 4.74 Å². The highest BCUT2D eigenvalue weighted by molar-refractivity contribution is 5.90. The van der Waals surface area contributed by atoms with Crippen LogP contribution in [0.3, 0.4) is 0 Å².